The molecule has 0 amide bonds. The summed E-state index contributed by atoms with van der Waals surface area (Å²) in [5, 5.41) is 4.13. The van der Waals surface area contributed by atoms with Crippen LogP contribution in [0.2, 0.25) is 0 Å². The van der Waals surface area contributed by atoms with Crippen LogP contribution in [0.15, 0.2) is 65.4 Å². The molecule has 0 radical (unpaired) electrons. The van der Waals surface area contributed by atoms with Crippen molar-refractivity contribution in [2.75, 3.05) is 6.54 Å². The molecule has 0 saturated carbocycles. The molecule has 0 spiro atoms. The lowest BCUT2D eigenvalue weighted by Gasteiger charge is -2.21. The maximum absolute atomic E-state index is 6.26. The van der Waals surface area contributed by atoms with Gasteiger partial charge in [0.15, 0.2) is 0 Å². The van der Waals surface area contributed by atoms with Crippen LogP contribution >= 0.6 is 11.8 Å². The van der Waals surface area contributed by atoms with Gasteiger partial charge in [0.2, 0.25) is 0 Å². The highest BCUT2D eigenvalue weighted by Crippen LogP contribution is 2.30. The van der Waals surface area contributed by atoms with Crippen LogP contribution in [0.1, 0.15) is 13.3 Å². The fourth-order valence-electron chi connectivity index (χ4n) is 2.29. The molecule has 0 saturated heterocycles. The van der Waals surface area contributed by atoms with E-state index in [2.05, 4.69) is 30.9 Å². The Morgan fingerprint density at radius 3 is 2.76 bits per heavy atom. The van der Waals surface area contributed by atoms with Crippen LogP contribution in [0.25, 0.3) is 10.8 Å². The number of fused-ring (bicyclic) bond motifs is 1. The predicted molar refractivity (Wildman–Crippen MR) is 93.6 cm³/mol. The summed E-state index contributed by atoms with van der Waals surface area (Å²) < 4.78 is 6.26. The lowest BCUT2D eigenvalue weighted by molar-refractivity contribution is 0.240. The van der Waals surface area contributed by atoms with Crippen molar-refractivity contribution in [2.24, 2.45) is 5.73 Å². The van der Waals surface area contributed by atoms with E-state index in [4.69, 9.17) is 10.5 Å². The van der Waals surface area contributed by atoms with Crippen LogP contribution in [-0.2, 0) is 0 Å². The average Bonchev–Trinajstić information content (AvgIpc) is 2.52. The Bertz CT molecular complexity index is 631. The summed E-state index contributed by atoms with van der Waals surface area (Å²) in [4.78, 5) is 1.14. The highest BCUT2D eigenvalue weighted by molar-refractivity contribution is 8.05. The topological polar surface area (TPSA) is 35.2 Å². The summed E-state index contributed by atoms with van der Waals surface area (Å²) in [7, 11) is 0. The Kier molecular flexibility index (Phi) is 5.90. The van der Waals surface area contributed by atoms with E-state index in [0.29, 0.717) is 6.54 Å². The van der Waals surface area contributed by atoms with Crippen molar-refractivity contribution in [1.29, 1.82) is 0 Å². The van der Waals surface area contributed by atoms with Gasteiger partial charge in [-0.1, -0.05) is 60.8 Å². The highest BCUT2D eigenvalue weighted by atomic mass is 32.2. The van der Waals surface area contributed by atoms with Crippen molar-refractivity contribution in [1.82, 2.24) is 0 Å². The SMILES string of the molecule is C=CS/C(=C/C)C(CCN)Oc1cccc2ccccc12. The number of thioether (sulfide) groups is 1. The van der Waals surface area contributed by atoms with Gasteiger partial charge in [0.1, 0.15) is 11.9 Å². The van der Waals surface area contributed by atoms with Gasteiger partial charge in [0.05, 0.1) is 0 Å². The number of allylic oxidation sites excluding steroid dienone is 1. The first kappa shape index (κ1) is 15.7. The second kappa shape index (κ2) is 7.91. The minimum atomic E-state index is -0.0335. The lowest BCUT2D eigenvalue weighted by Crippen LogP contribution is -2.22. The minimum absolute atomic E-state index is 0.0335. The molecular formula is C18H21NOS. The Morgan fingerprint density at radius 2 is 2.05 bits per heavy atom. The van der Waals surface area contributed by atoms with Crippen molar-refractivity contribution in [3.05, 3.63) is 65.4 Å². The maximum Gasteiger partial charge on any atom is 0.131 e. The molecule has 0 bridgehead atoms. The van der Waals surface area contributed by atoms with Crippen LogP contribution in [0.5, 0.6) is 5.75 Å². The van der Waals surface area contributed by atoms with Gasteiger partial charge in [-0.15, -0.1) is 0 Å². The zero-order valence-electron chi connectivity index (χ0n) is 12.3. The normalized spacial score (nSPS) is 13.1. The quantitative estimate of drug-likeness (QED) is 0.803. The number of benzene rings is 2. The molecule has 0 fully saturated rings. The first-order valence-electron chi connectivity index (χ1n) is 7.08. The van der Waals surface area contributed by atoms with Gasteiger partial charge in [0.25, 0.3) is 0 Å². The third-order valence-electron chi connectivity index (χ3n) is 3.27. The van der Waals surface area contributed by atoms with Gasteiger partial charge < -0.3 is 10.5 Å². The maximum atomic E-state index is 6.26. The van der Waals surface area contributed by atoms with Gasteiger partial charge in [-0.3, -0.25) is 0 Å². The molecule has 2 aromatic rings. The Balaban J connectivity index is 2.32. The molecule has 2 N–H and O–H groups in total. The molecule has 0 aliphatic heterocycles. The van der Waals surface area contributed by atoms with Crippen molar-refractivity contribution < 1.29 is 4.74 Å². The number of hydrogen-bond acceptors (Lipinski definition) is 3. The van der Waals surface area contributed by atoms with E-state index >= 15 is 0 Å². The van der Waals surface area contributed by atoms with Crippen LogP contribution in [0.3, 0.4) is 0 Å². The fourth-order valence-corrected chi connectivity index (χ4v) is 2.93. The molecule has 2 rings (SSSR count). The van der Waals surface area contributed by atoms with E-state index in [1.807, 2.05) is 36.6 Å². The van der Waals surface area contributed by atoms with E-state index in [-0.39, 0.29) is 6.10 Å². The van der Waals surface area contributed by atoms with Gasteiger partial charge in [-0.2, -0.15) is 0 Å². The monoisotopic (exact) mass is 299 g/mol. The molecule has 0 heterocycles. The molecule has 21 heavy (non-hydrogen) atoms. The average molecular weight is 299 g/mol. The summed E-state index contributed by atoms with van der Waals surface area (Å²) >= 11 is 1.59. The molecule has 0 aliphatic carbocycles. The zero-order chi connectivity index (χ0) is 15.1. The molecule has 1 unspecified atom stereocenters. The summed E-state index contributed by atoms with van der Waals surface area (Å²) in [6.45, 7) is 6.39. The van der Waals surface area contributed by atoms with Crippen LogP contribution in [0, 0.1) is 0 Å². The molecule has 2 nitrogen and oxygen atoms in total. The zero-order valence-corrected chi connectivity index (χ0v) is 13.1. The fraction of sp³-hybridized carbons (Fsp3) is 0.222. The van der Waals surface area contributed by atoms with Crippen LogP contribution in [-0.4, -0.2) is 12.6 Å². The first-order chi connectivity index (χ1) is 10.3. The molecular weight excluding hydrogens is 278 g/mol. The van der Waals surface area contributed by atoms with Gasteiger partial charge in [-0.05, 0) is 30.3 Å². The summed E-state index contributed by atoms with van der Waals surface area (Å²) in [5.74, 6) is 0.899. The van der Waals surface area contributed by atoms with E-state index in [0.717, 1.165) is 22.5 Å². The molecule has 1 atom stereocenters. The van der Waals surface area contributed by atoms with E-state index in [9.17, 15) is 0 Å². The Morgan fingerprint density at radius 1 is 1.29 bits per heavy atom. The predicted octanol–water partition coefficient (Wildman–Crippen LogP) is 4.72. The minimum Gasteiger partial charge on any atom is -0.485 e. The second-order valence-electron chi connectivity index (χ2n) is 4.64. The third kappa shape index (κ3) is 3.90. The van der Waals surface area contributed by atoms with E-state index in [1.54, 1.807) is 11.8 Å². The van der Waals surface area contributed by atoms with Crippen molar-refractivity contribution in [3.8, 4) is 5.75 Å². The third-order valence-corrected chi connectivity index (χ3v) is 4.21. The molecule has 0 aliphatic rings. The van der Waals surface area contributed by atoms with E-state index < -0.39 is 0 Å². The number of hydrogen-bond donors (Lipinski definition) is 1. The largest absolute Gasteiger partial charge is 0.485 e. The van der Waals surface area contributed by atoms with Crippen molar-refractivity contribution >= 4 is 22.5 Å². The Labute approximate surface area is 130 Å². The number of nitrogens with two attached hydrogens (primary N) is 1. The highest BCUT2D eigenvalue weighted by Gasteiger charge is 2.16. The van der Waals surface area contributed by atoms with Gasteiger partial charge in [-0.25, -0.2) is 0 Å². The molecule has 0 aromatic heterocycles. The van der Waals surface area contributed by atoms with Crippen LogP contribution in [0.4, 0.5) is 0 Å². The first-order valence-corrected chi connectivity index (χ1v) is 7.96. The molecule has 2 aromatic carbocycles. The molecule has 110 valence electrons. The molecule has 3 heteroatoms. The van der Waals surface area contributed by atoms with Crippen LogP contribution < -0.4 is 10.5 Å². The van der Waals surface area contributed by atoms with Crippen molar-refractivity contribution in [3.63, 3.8) is 0 Å². The van der Waals surface area contributed by atoms with Gasteiger partial charge >= 0.3 is 0 Å². The van der Waals surface area contributed by atoms with Gasteiger partial charge in [0, 0.05) is 16.7 Å². The smallest absolute Gasteiger partial charge is 0.131 e. The summed E-state index contributed by atoms with van der Waals surface area (Å²) in [5.41, 5.74) is 5.74. The summed E-state index contributed by atoms with van der Waals surface area (Å²) in [6.07, 6.45) is 2.82. The number of rotatable bonds is 7. The van der Waals surface area contributed by atoms with Crippen molar-refractivity contribution in [2.45, 2.75) is 19.4 Å². The Hall–Kier alpha value is -1.71. The second-order valence-corrected chi connectivity index (χ2v) is 5.68. The number of ether oxygens (including phenoxy) is 1. The lowest BCUT2D eigenvalue weighted by atomic mass is 10.1. The standard InChI is InChI=1S/C18H21NOS/c1-3-18(21-4-2)17(12-13-19)20-16-11-7-9-14-8-5-6-10-15(14)16/h3-11,17H,2,12-13,19H2,1H3/b18-3+. The van der Waals surface area contributed by atoms with E-state index in [1.165, 1.54) is 5.39 Å². The summed E-state index contributed by atoms with van der Waals surface area (Å²) in [6, 6.07) is 14.4.